The van der Waals surface area contributed by atoms with Crippen LogP contribution >= 0.6 is 11.6 Å². The molecule has 0 unspecified atom stereocenters. The first-order valence-electron chi connectivity index (χ1n) is 7.21. The van der Waals surface area contributed by atoms with Crippen LogP contribution in [0.2, 0.25) is 5.02 Å². The fourth-order valence-corrected chi connectivity index (χ4v) is 2.22. The lowest BCUT2D eigenvalue weighted by Crippen LogP contribution is -2.06. The van der Waals surface area contributed by atoms with E-state index < -0.39 is 0 Å². The number of hydrogen-bond acceptors (Lipinski definition) is 5. The summed E-state index contributed by atoms with van der Waals surface area (Å²) in [7, 11) is 0. The van der Waals surface area contributed by atoms with Crippen LogP contribution in [-0.4, -0.2) is 15.2 Å². The first-order valence-corrected chi connectivity index (χ1v) is 7.59. The van der Waals surface area contributed by atoms with Crippen molar-refractivity contribution >= 4 is 29.1 Å². The normalized spacial score (nSPS) is 10.3. The molecule has 6 heteroatoms. The number of nitrogens with zero attached hydrogens (tertiary/aromatic N) is 3. The summed E-state index contributed by atoms with van der Waals surface area (Å²) < 4.78 is 0. The minimum Gasteiger partial charge on any atom is -0.365 e. The van der Waals surface area contributed by atoms with Gasteiger partial charge >= 0.3 is 0 Å². The summed E-state index contributed by atoms with van der Waals surface area (Å²) in [5.74, 6) is 1.10. The van der Waals surface area contributed by atoms with Crippen LogP contribution in [0.4, 0.5) is 17.5 Å². The fourth-order valence-electron chi connectivity index (χ4n) is 2.10. The molecule has 0 bridgehead atoms. The second-order valence-electron chi connectivity index (χ2n) is 5.08. The molecule has 1 heterocycles. The largest absolute Gasteiger partial charge is 0.365 e. The van der Waals surface area contributed by atoms with E-state index >= 15 is 0 Å². The minimum atomic E-state index is 0.433. The van der Waals surface area contributed by atoms with Gasteiger partial charge in [0.15, 0.2) is 5.82 Å². The maximum atomic E-state index is 5.87. The van der Waals surface area contributed by atoms with E-state index in [1.165, 1.54) is 11.1 Å². The van der Waals surface area contributed by atoms with Crippen LogP contribution < -0.4 is 10.6 Å². The van der Waals surface area contributed by atoms with Gasteiger partial charge in [-0.25, -0.2) is 0 Å². The Labute approximate surface area is 139 Å². The number of benzene rings is 2. The summed E-state index contributed by atoms with van der Waals surface area (Å²) in [5.41, 5.74) is 3.31. The zero-order valence-electron chi connectivity index (χ0n) is 12.6. The van der Waals surface area contributed by atoms with E-state index in [2.05, 4.69) is 44.9 Å². The number of rotatable bonds is 5. The molecule has 0 fully saturated rings. The van der Waals surface area contributed by atoms with Crippen LogP contribution in [0, 0.1) is 6.92 Å². The zero-order chi connectivity index (χ0) is 16.1. The molecule has 2 N–H and O–H groups in total. The summed E-state index contributed by atoms with van der Waals surface area (Å²) in [6, 6.07) is 15.6. The van der Waals surface area contributed by atoms with Gasteiger partial charge in [0.1, 0.15) is 0 Å². The molecule has 0 aliphatic carbocycles. The predicted octanol–water partition coefficient (Wildman–Crippen LogP) is 4.19. The number of aromatic nitrogens is 3. The molecule has 2 aromatic carbocycles. The number of hydrogen-bond donors (Lipinski definition) is 2. The highest BCUT2D eigenvalue weighted by Gasteiger charge is 2.03. The Bertz CT molecular complexity index is 789. The topological polar surface area (TPSA) is 62.7 Å². The summed E-state index contributed by atoms with van der Waals surface area (Å²) >= 11 is 5.87. The first kappa shape index (κ1) is 15.2. The van der Waals surface area contributed by atoms with Crippen molar-refractivity contribution in [3.63, 3.8) is 0 Å². The third kappa shape index (κ3) is 4.17. The Morgan fingerprint density at radius 1 is 1.04 bits per heavy atom. The molecule has 0 atom stereocenters. The van der Waals surface area contributed by atoms with E-state index in [1.54, 1.807) is 18.3 Å². The first-order chi connectivity index (χ1) is 11.2. The smallest absolute Gasteiger partial charge is 0.249 e. The van der Waals surface area contributed by atoms with Crippen LogP contribution in [0.15, 0.2) is 54.7 Å². The van der Waals surface area contributed by atoms with Crippen molar-refractivity contribution in [2.75, 3.05) is 10.6 Å². The highest BCUT2D eigenvalue weighted by atomic mass is 35.5. The SMILES string of the molecule is Cc1ccccc1CNc1cnnc(Nc2ccc(Cl)cc2)n1. The summed E-state index contributed by atoms with van der Waals surface area (Å²) in [4.78, 5) is 4.41. The molecule has 23 heavy (non-hydrogen) atoms. The van der Waals surface area contributed by atoms with Crippen LogP contribution in [0.3, 0.4) is 0 Å². The summed E-state index contributed by atoms with van der Waals surface area (Å²) in [5, 5.41) is 15.0. The maximum absolute atomic E-state index is 5.87. The van der Waals surface area contributed by atoms with E-state index in [0.29, 0.717) is 23.3 Å². The molecule has 0 aliphatic heterocycles. The number of nitrogens with one attached hydrogen (secondary N) is 2. The monoisotopic (exact) mass is 325 g/mol. The van der Waals surface area contributed by atoms with Crippen molar-refractivity contribution in [3.8, 4) is 0 Å². The summed E-state index contributed by atoms with van der Waals surface area (Å²) in [6.45, 7) is 2.77. The van der Waals surface area contributed by atoms with Gasteiger partial charge in [0.05, 0.1) is 6.20 Å². The Morgan fingerprint density at radius 2 is 1.83 bits per heavy atom. The highest BCUT2D eigenvalue weighted by molar-refractivity contribution is 6.30. The number of halogens is 1. The molecule has 0 saturated heterocycles. The lowest BCUT2D eigenvalue weighted by molar-refractivity contribution is 0.964. The molecule has 0 saturated carbocycles. The molecule has 3 rings (SSSR count). The molecule has 0 amide bonds. The second-order valence-corrected chi connectivity index (χ2v) is 5.51. The molecule has 116 valence electrons. The van der Waals surface area contributed by atoms with Crippen LogP contribution in [0.5, 0.6) is 0 Å². The Hall–Kier alpha value is -2.66. The van der Waals surface area contributed by atoms with Gasteiger partial charge < -0.3 is 10.6 Å². The van der Waals surface area contributed by atoms with Crippen molar-refractivity contribution in [1.82, 2.24) is 15.2 Å². The standard InChI is InChI=1S/C17H16ClN5/c1-12-4-2-3-5-13(12)10-19-16-11-20-23-17(22-16)21-15-8-6-14(18)7-9-15/h2-9,11H,10H2,1H3,(H2,19,21,22,23). The van der Waals surface area contributed by atoms with Crippen molar-refractivity contribution in [2.45, 2.75) is 13.5 Å². The molecule has 0 radical (unpaired) electrons. The number of aryl methyl sites for hydroxylation is 1. The van der Waals surface area contributed by atoms with Crippen LogP contribution in [0.25, 0.3) is 0 Å². The average Bonchev–Trinajstić information content (AvgIpc) is 2.57. The Balaban J connectivity index is 1.67. The van der Waals surface area contributed by atoms with E-state index in [4.69, 9.17) is 11.6 Å². The lowest BCUT2D eigenvalue weighted by Gasteiger charge is -2.09. The van der Waals surface area contributed by atoms with E-state index in [1.807, 2.05) is 24.3 Å². The molecular formula is C17H16ClN5. The lowest BCUT2D eigenvalue weighted by atomic mass is 10.1. The Morgan fingerprint density at radius 3 is 2.61 bits per heavy atom. The zero-order valence-corrected chi connectivity index (χ0v) is 13.4. The molecule has 0 spiro atoms. The third-order valence-corrected chi connectivity index (χ3v) is 3.63. The minimum absolute atomic E-state index is 0.433. The highest BCUT2D eigenvalue weighted by Crippen LogP contribution is 2.17. The molecule has 3 aromatic rings. The van der Waals surface area contributed by atoms with Gasteiger partial charge in [-0.3, -0.25) is 0 Å². The van der Waals surface area contributed by atoms with Gasteiger partial charge in [-0.15, -0.1) is 5.10 Å². The van der Waals surface area contributed by atoms with Gasteiger partial charge in [0.2, 0.25) is 5.95 Å². The molecule has 0 aliphatic rings. The second kappa shape index (κ2) is 7.07. The predicted molar refractivity (Wildman–Crippen MR) is 93.1 cm³/mol. The molecular weight excluding hydrogens is 310 g/mol. The van der Waals surface area contributed by atoms with Gasteiger partial charge in [-0.2, -0.15) is 10.1 Å². The van der Waals surface area contributed by atoms with Crippen molar-refractivity contribution < 1.29 is 0 Å². The van der Waals surface area contributed by atoms with E-state index in [-0.39, 0.29) is 0 Å². The van der Waals surface area contributed by atoms with Crippen molar-refractivity contribution in [2.24, 2.45) is 0 Å². The summed E-state index contributed by atoms with van der Waals surface area (Å²) in [6.07, 6.45) is 1.60. The van der Waals surface area contributed by atoms with Crippen molar-refractivity contribution in [1.29, 1.82) is 0 Å². The maximum Gasteiger partial charge on any atom is 0.249 e. The third-order valence-electron chi connectivity index (χ3n) is 3.38. The molecule has 1 aromatic heterocycles. The van der Waals surface area contributed by atoms with Gasteiger partial charge in [-0.05, 0) is 42.3 Å². The fraction of sp³-hybridized carbons (Fsp3) is 0.118. The van der Waals surface area contributed by atoms with Crippen LogP contribution in [0.1, 0.15) is 11.1 Å². The average molecular weight is 326 g/mol. The van der Waals surface area contributed by atoms with Gasteiger partial charge in [0.25, 0.3) is 0 Å². The Kier molecular flexibility index (Phi) is 4.68. The van der Waals surface area contributed by atoms with Crippen LogP contribution in [-0.2, 0) is 6.54 Å². The molecule has 5 nitrogen and oxygen atoms in total. The van der Waals surface area contributed by atoms with E-state index in [0.717, 1.165) is 5.69 Å². The van der Waals surface area contributed by atoms with Crippen molar-refractivity contribution in [3.05, 3.63) is 70.9 Å². The number of anilines is 3. The quantitative estimate of drug-likeness (QED) is 0.736. The van der Waals surface area contributed by atoms with Gasteiger partial charge in [0, 0.05) is 17.3 Å². The van der Waals surface area contributed by atoms with Gasteiger partial charge in [-0.1, -0.05) is 35.9 Å². The van der Waals surface area contributed by atoms with E-state index in [9.17, 15) is 0 Å².